The molecule has 70 valence electrons. The summed E-state index contributed by atoms with van der Waals surface area (Å²) >= 11 is 0. The minimum Gasteiger partial charge on any atom is -0.392 e. The fourth-order valence-corrected chi connectivity index (χ4v) is 2.06. The summed E-state index contributed by atoms with van der Waals surface area (Å²) < 4.78 is 0. The van der Waals surface area contributed by atoms with Crippen molar-refractivity contribution >= 4 is 0 Å². The second-order valence-corrected chi connectivity index (χ2v) is 3.89. The molecule has 0 aromatic rings. The second kappa shape index (κ2) is 3.97. The summed E-state index contributed by atoms with van der Waals surface area (Å²) in [5, 5.41) is 3.25. The molecule has 0 saturated heterocycles. The fraction of sp³-hybridized carbons (Fsp3) is 0.818. The largest absolute Gasteiger partial charge is 0.392 e. The van der Waals surface area contributed by atoms with E-state index in [2.05, 4.69) is 25.2 Å². The molecule has 12 heavy (non-hydrogen) atoms. The molecular formula is C11H21N. The molecule has 0 unspecified atom stereocenters. The van der Waals surface area contributed by atoms with E-state index in [0.29, 0.717) is 5.41 Å². The van der Waals surface area contributed by atoms with Gasteiger partial charge in [-0.3, -0.25) is 0 Å². The summed E-state index contributed by atoms with van der Waals surface area (Å²) in [6.07, 6.45) is 8.94. The van der Waals surface area contributed by atoms with Crippen LogP contribution in [0.5, 0.6) is 0 Å². The van der Waals surface area contributed by atoms with Crippen LogP contribution in [0.4, 0.5) is 0 Å². The second-order valence-electron chi connectivity index (χ2n) is 3.89. The molecule has 1 nitrogen and oxygen atoms in total. The lowest BCUT2D eigenvalue weighted by molar-refractivity contribution is 0.229. The Morgan fingerprint density at radius 2 is 2.08 bits per heavy atom. The van der Waals surface area contributed by atoms with Gasteiger partial charge in [0.1, 0.15) is 0 Å². The normalized spacial score (nSPS) is 21.8. The van der Waals surface area contributed by atoms with Crippen LogP contribution in [0.1, 0.15) is 46.0 Å². The zero-order valence-electron chi connectivity index (χ0n) is 8.61. The number of nitrogens with one attached hydrogen (secondary N) is 1. The first-order valence-electron chi connectivity index (χ1n) is 5.13. The zero-order chi connectivity index (χ0) is 9.03. The predicted octanol–water partition coefficient (Wildman–Crippen LogP) is 3.08. The van der Waals surface area contributed by atoms with Crippen molar-refractivity contribution in [3.8, 4) is 0 Å². The smallest absolute Gasteiger partial charge is 0.00639 e. The fourth-order valence-electron chi connectivity index (χ4n) is 2.06. The Morgan fingerprint density at radius 3 is 2.42 bits per heavy atom. The summed E-state index contributed by atoms with van der Waals surface area (Å²) in [5.41, 5.74) is 2.06. The molecule has 1 aliphatic rings. The van der Waals surface area contributed by atoms with Crippen molar-refractivity contribution in [1.82, 2.24) is 5.32 Å². The molecule has 0 fully saturated rings. The van der Waals surface area contributed by atoms with Gasteiger partial charge in [-0.15, -0.1) is 0 Å². The van der Waals surface area contributed by atoms with E-state index in [1.54, 1.807) is 0 Å². The quantitative estimate of drug-likeness (QED) is 0.681. The van der Waals surface area contributed by atoms with E-state index in [4.69, 9.17) is 0 Å². The van der Waals surface area contributed by atoms with Gasteiger partial charge in [0.15, 0.2) is 0 Å². The third-order valence-electron chi connectivity index (χ3n) is 3.53. The average Bonchev–Trinajstić information content (AvgIpc) is 2.18. The molecule has 0 heterocycles. The van der Waals surface area contributed by atoms with Gasteiger partial charge in [-0.25, -0.2) is 0 Å². The monoisotopic (exact) mass is 167 g/mol. The molecule has 0 atom stereocenters. The summed E-state index contributed by atoms with van der Waals surface area (Å²) in [6.45, 7) is 4.64. The van der Waals surface area contributed by atoms with Crippen LogP contribution in [0.3, 0.4) is 0 Å². The SMILES string of the molecule is CCC1(CC)CC=C(NC)CC1. The molecular weight excluding hydrogens is 146 g/mol. The summed E-state index contributed by atoms with van der Waals surface area (Å²) in [5.74, 6) is 0. The van der Waals surface area contributed by atoms with E-state index in [0.717, 1.165) is 0 Å². The van der Waals surface area contributed by atoms with E-state index < -0.39 is 0 Å². The van der Waals surface area contributed by atoms with E-state index >= 15 is 0 Å². The molecule has 0 spiro atoms. The third kappa shape index (κ3) is 1.82. The molecule has 1 N–H and O–H groups in total. The van der Waals surface area contributed by atoms with Gasteiger partial charge in [0, 0.05) is 12.7 Å². The van der Waals surface area contributed by atoms with Gasteiger partial charge >= 0.3 is 0 Å². The molecule has 0 aliphatic heterocycles. The molecule has 0 saturated carbocycles. The maximum atomic E-state index is 3.25. The summed E-state index contributed by atoms with van der Waals surface area (Å²) in [4.78, 5) is 0. The Labute approximate surface area is 76.2 Å². The van der Waals surface area contributed by atoms with Gasteiger partial charge in [-0.1, -0.05) is 32.8 Å². The Morgan fingerprint density at radius 1 is 1.42 bits per heavy atom. The first-order chi connectivity index (χ1) is 5.76. The maximum Gasteiger partial charge on any atom is 0.00639 e. The Kier molecular flexibility index (Phi) is 3.19. The molecule has 0 bridgehead atoms. The number of rotatable bonds is 3. The van der Waals surface area contributed by atoms with Crippen molar-refractivity contribution in [1.29, 1.82) is 0 Å². The van der Waals surface area contributed by atoms with Crippen LogP contribution >= 0.6 is 0 Å². The number of hydrogen-bond donors (Lipinski definition) is 1. The van der Waals surface area contributed by atoms with Crippen LogP contribution in [-0.2, 0) is 0 Å². The zero-order valence-corrected chi connectivity index (χ0v) is 8.61. The lowest BCUT2D eigenvalue weighted by Crippen LogP contribution is -2.24. The summed E-state index contributed by atoms with van der Waals surface area (Å²) in [7, 11) is 2.02. The lowest BCUT2D eigenvalue weighted by atomic mass is 9.72. The third-order valence-corrected chi connectivity index (χ3v) is 3.53. The maximum absolute atomic E-state index is 3.25. The standard InChI is InChI=1S/C11H21N/c1-4-11(5-2)8-6-10(12-3)7-9-11/h6,12H,4-5,7-9H2,1-3H3. The van der Waals surface area contributed by atoms with Crippen molar-refractivity contribution in [3.05, 3.63) is 11.8 Å². The first kappa shape index (κ1) is 9.63. The highest BCUT2D eigenvalue weighted by Crippen LogP contribution is 2.40. The topological polar surface area (TPSA) is 12.0 Å². The molecule has 0 aromatic heterocycles. The van der Waals surface area contributed by atoms with Crippen molar-refractivity contribution in [2.24, 2.45) is 5.41 Å². The highest BCUT2D eigenvalue weighted by atomic mass is 14.8. The van der Waals surface area contributed by atoms with E-state index in [1.165, 1.54) is 37.8 Å². The molecule has 0 amide bonds. The molecule has 1 heteroatoms. The van der Waals surface area contributed by atoms with Gasteiger partial charge < -0.3 is 5.32 Å². The van der Waals surface area contributed by atoms with E-state index in [-0.39, 0.29) is 0 Å². The average molecular weight is 167 g/mol. The molecule has 1 rings (SSSR count). The van der Waals surface area contributed by atoms with Crippen LogP contribution in [0, 0.1) is 5.41 Å². The van der Waals surface area contributed by atoms with E-state index in [9.17, 15) is 0 Å². The highest BCUT2D eigenvalue weighted by molar-refractivity contribution is 5.07. The Hall–Kier alpha value is -0.460. The lowest BCUT2D eigenvalue weighted by Gasteiger charge is -2.34. The van der Waals surface area contributed by atoms with E-state index in [1.807, 2.05) is 7.05 Å². The van der Waals surface area contributed by atoms with Gasteiger partial charge in [0.25, 0.3) is 0 Å². The van der Waals surface area contributed by atoms with Crippen molar-refractivity contribution in [2.45, 2.75) is 46.0 Å². The summed E-state index contributed by atoms with van der Waals surface area (Å²) in [6, 6.07) is 0. The predicted molar refractivity (Wildman–Crippen MR) is 54.0 cm³/mol. The van der Waals surface area contributed by atoms with Crippen molar-refractivity contribution in [3.63, 3.8) is 0 Å². The van der Waals surface area contributed by atoms with Gasteiger partial charge in [0.05, 0.1) is 0 Å². The van der Waals surface area contributed by atoms with Crippen LogP contribution in [0.15, 0.2) is 11.8 Å². The molecule has 0 radical (unpaired) electrons. The van der Waals surface area contributed by atoms with Gasteiger partial charge in [0.2, 0.25) is 0 Å². The minimum atomic E-state index is 0.625. The Bertz CT molecular complexity index is 166. The van der Waals surface area contributed by atoms with Crippen LogP contribution in [-0.4, -0.2) is 7.05 Å². The number of allylic oxidation sites excluding steroid dienone is 2. The van der Waals surface area contributed by atoms with Crippen LogP contribution < -0.4 is 5.32 Å². The van der Waals surface area contributed by atoms with Gasteiger partial charge in [-0.2, -0.15) is 0 Å². The Balaban J connectivity index is 2.59. The van der Waals surface area contributed by atoms with Crippen LogP contribution in [0.25, 0.3) is 0 Å². The highest BCUT2D eigenvalue weighted by Gasteiger charge is 2.27. The van der Waals surface area contributed by atoms with Crippen molar-refractivity contribution < 1.29 is 0 Å². The van der Waals surface area contributed by atoms with Crippen LogP contribution in [0.2, 0.25) is 0 Å². The number of hydrogen-bond acceptors (Lipinski definition) is 1. The van der Waals surface area contributed by atoms with Crippen molar-refractivity contribution in [2.75, 3.05) is 7.05 Å². The molecule has 0 aromatic carbocycles. The first-order valence-corrected chi connectivity index (χ1v) is 5.13. The minimum absolute atomic E-state index is 0.625. The van der Waals surface area contributed by atoms with Gasteiger partial charge in [-0.05, 0) is 24.7 Å². The molecule has 1 aliphatic carbocycles.